The number of rotatable bonds is 8. The second-order valence-electron chi connectivity index (χ2n) is 4.52. The minimum atomic E-state index is -0.457. The monoisotopic (exact) mass is 301 g/mol. The first kappa shape index (κ1) is 16.6. The van der Waals surface area contributed by atoms with Crippen molar-refractivity contribution >= 4 is 17.3 Å². The van der Waals surface area contributed by atoms with Gasteiger partial charge in [-0.15, -0.1) is 11.6 Å². The molecule has 1 aromatic rings. The third-order valence-electron chi connectivity index (χ3n) is 3.33. The van der Waals surface area contributed by atoms with Crippen molar-refractivity contribution in [3.05, 3.63) is 27.8 Å². The molecule has 0 aliphatic carbocycles. The highest BCUT2D eigenvalue weighted by Gasteiger charge is 2.19. The number of nitrogens with zero attached hydrogens (tertiary/aromatic N) is 1. The van der Waals surface area contributed by atoms with Gasteiger partial charge in [0.2, 0.25) is 0 Å². The van der Waals surface area contributed by atoms with E-state index in [1.807, 2.05) is 0 Å². The van der Waals surface area contributed by atoms with E-state index in [1.54, 1.807) is 6.07 Å². The van der Waals surface area contributed by atoms with Crippen molar-refractivity contribution < 1.29 is 14.4 Å². The fraction of sp³-hybridized carbons (Fsp3) is 0.571. The van der Waals surface area contributed by atoms with Gasteiger partial charge in [-0.1, -0.05) is 26.7 Å². The molecular formula is C14H20ClNO4. The largest absolute Gasteiger partial charge is 0.493 e. The van der Waals surface area contributed by atoms with Crippen LogP contribution in [0, 0.1) is 16.0 Å². The van der Waals surface area contributed by atoms with Crippen LogP contribution in [0.25, 0.3) is 0 Å². The van der Waals surface area contributed by atoms with E-state index in [1.165, 1.54) is 13.2 Å². The number of alkyl halides is 1. The molecule has 0 N–H and O–H groups in total. The molecule has 0 unspecified atom stereocenters. The average molecular weight is 302 g/mol. The van der Waals surface area contributed by atoms with E-state index in [9.17, 15) is 10.1 Å². The topological polar surface area (TPSA) is 61.6 Å². The average Bonchev–Trinajstić information content (AvgIpc) is 2.47. The third-order valence-corrected chi connectivity index (χ3v) is 3.62. The summed E-state index contributed by atoms with van der Waals surface area (Å²) in [5, 5.41) is 11.0. The number of methoxy groups -OCH3 is 1. The Hall–Kier alpha value is -1.49. The van der Waals surface area contributed by atoms with Gasteiger partial charge in [-0.25, -0.2) is 0 Å². The number of hydrogen-bond acceptors (Lipinski definition) is 4. The van der Waals surface area contributed by atoms with Crippen molar-refractivity contribution in [3.63, 3.8) is 0 Å². The van der Waals surface area contributed by atoms with Crippen LogP contribution in [0.5, 0.6) is 11.5 Å². The van der Waals surface area contributed by atoms with Crippen molar-refractivity contribution in [2.75, 3.05) is 13.7 Å². The van der Waals surface area contributed by atoms with Crippen LogP contribution in [0.1, 0.15) is 32.3 Å². The van der Waals surface area contributed by atoms with Gasteiger partial charge in [-0.3, -0.25) is 10.1 Å². The molecule has 0 bridgehead atoms. The lowest BCUT2D eigenvalue weighted by Gasteiger charge is -2.16. The number of nitro groups is 1. The first-order valence-corrected chi connectivity index (χ1v) is 7.14. The van der Waals surface area contributed by atoms with Gasteiger partial charge in [-0.2, -0.15) is 0 Å². The predicted molar refractivity (Wildman–Crippen MR) is 78.8 cm³/mol. The molecule has 0 spiro atoms. The summed E-state index contributed by atoms with van der Waals surface area (Å²) < 4.78 is 10.9. The molecule has 0 atom stereocenters. The molecule has 0 heterocycles. The van der Waals surface area contributed by atoms with Gasteiger partial charge in [-0.05, 0) is 12.0 Å². The molecule has 0 amide bonds. The summed E-state index contributed by atoms with van der Waals surface area (Å²) in [6.45, 7) is 4.70. The number of benzene rings is 1. The molecule has 0 saturated heterocycles. The lowest BCUT2D eigenvalue weighted by Crippen LogP contribution is -2.11. The van der Waals surface area contributed by atoms with Crippen LogP contribution in [0.4, 0.5) is 5.69 Å². The third kappa shape index (κ3) is 4.00. The van der Waals surface area contributed by atoms with Gasteiger partial charge < -0.3 is 9.47 Å². The number of nitro benzene ring substituents is 1. The minimum absolute atomic E-state index is 0.0413. The minimum Gasteiger partial charge on any atom is -0.493 e. The van der Waals surface area contributed by atoms with Crippen LogP contribution in [-0.2, 0) is 5.88 Å². The number of hydrogen-bond donors (Lipinski definition) is 0. The number of halogens is 1. The highest BCUT2D eigenvalue weighted by molar-refractivity contribution is 6.17. The highest BCUT2D eigenvalue weighted by Crippen LogP contribution is 2.35. The van der Waals surface area contributed by atoms with E-state index >= 15 is 0 Å². The summed E-state index contributed by atoms with van der Waals surface area (Å²) in [4.78, 5) is 10.6. The molecule has 0 radical (unpaired) electrons. The fourth-order valence-electron chi connectivity index (χ4n) is 1.87. The van der Waals surface area contributed by atoms with Crippen molar-refractivity contribution in [3.8, 4) is 11.5 Å². The van der Waals surface area contributed by atoms with Crippen molar-refractivity contribution in [2.45, 2.75) is 32.6 Å². The molecule has 0 aliphatic heterocycles. The van der Waals surface area contributed by atoms with Gasteiger partial charge in [0.15, 0.2) is 11.5 Å². The number of ether oxygens (including phenoxy) is 2. The zero-order chi connectivity index (χ0) is 15.1. The second kappa shape index (κ2) is 7.94. The maximum Gasteiger partial charge on any atom is 0.277 e. The van der Waals surface area contributed by atoms with E-state index in [0.717, 1.165) is 12.8 Å². The smallest absolute Gasteiger partial charge is 0.277 e. The molecule has 6 heteroatoms. The molecule has 0 aromatic heterocycles. The van der Waals surface area contributed by atoms with Crippen LogP contribution in [0.3, 0.4) is 0 Å². The summed E-state index contributed by atoms with van der Waals surface area (Å²) in [7, 11) is 1.50. The second-order valence-corrected chi connectivity index (χ2v) is 4.78. The molecule has 0 saturated carbocycles. The Morgan fingerprint density at radius 3 is 2.40 bits per heavy atom. The van der Waals surface area contributed by atoms with Crippen molar-refractivity contribution in [2.24, 2.45) is 5.92 Å². The van der Waals surface area contributed by atoms with E-state index in [-0.39, 0.29) is 11.6 Å². The molecule has 112 valence electrons. The van der Waals surface area contributed by atoms with Crippen LogP contribution in [0.15, 0.2) is 12.1 Å². The summed E-state index contributed by atoms with van der Waals surface area (Å²) in [5.41, 5.74) is 0.378. The van der Waals surface area contributed by atoms with Crippen LogP contribution in [0.2, 0.25) is 0 Å². The quantitative estimate of drug-likeness (QED) is 0.411. The van der Waals surface area contributed by atoms with Gasteiger partial charge in [0.25, 0.3) is 5.69 Å². The van der Waals surface area contributed by atoms with E-state index in [4.69, 9.17) is 21.1 Å². The van der Waals surface area contributed by atoms with Gasteiger partial charge >= 0.3 is 0 Å². The van der Waals surface area contributed by atoms with Crippen LogP contribution >= 0.6 is 11.6 Å². The Balaban J connectivity index is 3.04. The zero-order valence-electron chi connectivity index (χ0n) is 12.0. The van der Waals surface area contributed by atoms with Crippen molar-refractivity contribution in [1.29, 1.82) is 0 Å². The molecule has 1 aromatic carbocycles. The lowest BCUT2D eigenvalue weighted by atomic mass is 10.1. The Kier molecular flexibility index (Phi) is 6.58. The van der Waals surface area contributed by atoms with E-state index in [0.29, 0.717) is 29.6 Å². The van der Waals surface area contributed by atoms with Crippen molar-refractivity contribution in [1.82, 2.24) is 0 Å². The Morgan fingerprint density at radius 1 is 1.30 bits per heavy atom. The molecule has 5 nitrogen and oxygen atoms in total. The summed E-state index contributed by atoms with van der Waals surface area (Å²) in [5.74, 6) is 1.34. The summed E-state index contributed by atoms with van der Waals surface area (Å²) in [6, 6.07) is 2.95. The van der Waals surface area contributed by atoms with Crippen LogP contribution < -0.4 is 9.47 Å². The standard InChI is InChI=1S/C14H20ClNO4/c1-4-10(5-2)9-20-14-7-12(16(17)18)11(8-15)6-13(14)19-3/h6-7,10H,4-5,8-9H2,1-3H3. The first-order valence-electron chi connectivity index (χ1n) is 6.61. The SMILES string of the molecule is CCC(CC)COc1cc([N+](=O)[O-])c(CCl)cc1OC. The van der Waals surface area contributed by atoms with Gasteiger partial charge in [0, 0.05) is 5.56 Å². The predicted octanol–water partition coefficient (Wildman–Crippen LogP) is 4.16. The maximum atomic E-state index is 11.0. The maximum absolute atomic E-state index is 11.0. The van der Waals surface area contributed by atoms with E-state index < -0.39 is 4.92 Å². The van der Waals surface area contributed by atoms with E-state index in [2.05, 4.69) is 13.8 Å². The molecule has 0 aliphatic rings. The first-order chi connectivity index (χ1) is 9.57. The molecule has 0 fully saturated rings. The molecular weight excluding hydrogens is 282 g/mol. The highest BCUT2D eigenvalue weighted by atomic mass is 35.5. The Morgan fingerprint density at radius 2 is 1.95 bits per heavy atom. The molecule has 1 rings (SSSR count). The lowest BCUT2D eigenvalue weighted by molar-refractivity contribution is -0.385. The fourth-order valence-corrected chi connectivity index (χ4v) is 2.09. The Bertz CT molecular complexity index is 461. The van der Waals surface area contributed by atoms with Gasteiger partial charge in [0.1, 0.15) is 0 Å². The molecule has 20 heavy (non-hydrogen) atoms. The summed E-state index contributed by atoms with van der Waals surface area (Å²) >= 11 is 5.73. The van der Waals surface area contributed by atoms with Gasteiger partial charge in [0.05, 0.1) is 30.6 Å². The Labute approximate surface area is 124 Å². The normalized spacial score (nSPS) is 10.7. The zero-order valence-corrected chi connectivity index (χ0v) is 12.8. The summed E-state index contributed by atoms with van der Waals surface area (Å²) in [6.07, 6.45) is 2.00. The van der Waals surface area contributed by atoms with Crippen LogP contribution in [-0.4, -0.2) is 18.6 Å².